The Kier molecular flexibility index (Phi) is 4.30. The highest BCUT2D eigenvalue weighted by molar-refractivity contribution is 6.05. The molecule has 0 atom stereocenters. The SMILES string of the molecule is COCc1ccccc1CN1C(=O)CC2(CCCCC2)C1=O. The molecule has 1 heterocycles. The molecule has 0 bridgehead atoms. The highest BCUT2D eigenvalue weighted by Gasteiger charge is 2.51. The van der Waals surface area contributed by atoms with Crippen molar-refractivity contribution in [2.24, 2.45) is 5.41 Å². The second-order valence-corrected chi connectivity index (χ2v) is 6.50. The predicted octanol–water partition coefficient (Wildman–Crippen LogP) is 3.04. The van der Waals surface area contributed by atoms with E-state index in [0.29, 0.717) is 19.6 Å². The number of nitrogens with zero attached hydrogens (tertiary/aromatic N) is 1. The van der Waals surface area contributed by atoms with Crippen LogP contribution < -0.4 is 0 Å². The van der Waals surface area contributed by atoms with Crippen molar-refractivity contribution in [3.63, 3.8) is 0 Å². The number of hydrogen-bond acceptors (Lipinski definition) is 3. The summed E-state index contributed by atoms with van der Waals surface area (Å²) < 4.78 is 5.21. The molecule has 0 N–H and O–H groups in total. The van der Waals surface area contributed by atoms with Crippen LogP contribution in [-0.2, 0) is 27.5 Å². The number of likely N-dealkylation sites (tertiary alicyclic amines) is 1. The molecule has 3 rings (SSSR count). The molecular formula is C18H23NO3. The van der Waals surface area contributed by atoms with Gasteiger partial charge in [0.15, 0.2) is 0 Å². The Labute approximate surface area is 131 Å². The number of amides is 2. The van der Waals surface area contributed by atoms with Crippen LogP contribution in [0.5, 0.6) is 0 Å². The van der Waals surface area contributed by atoms with Crippen LogP contribution in [0.2, 0.25) is 0 Å². The molecule has 22 heavy (non-hydrogen) atoms. The molecule has 0 radical (unpaired) electrons. The van der Waals surface area contributed by atoms with Gasteiger partial charge in [0.2, 0.25) is 11.8 Å². The van der Waals surface area contributed by atoms with E-state index in [1.54, 1.807) is 7.11 Å². The van der Waals surface area contributed by atoms with Crippen LogP contribution in [0.15, 0.2) is 24.3 Å². The summed E-state index contributed by atoms with van der Waals surface area (Å²) in [5, 5.41) is 0. The summed E-state index contributed by atoms with van der Waals surface area (Å²) in [6.45, 7) is 0.872. The van der Waals surface area contributed by atoms with Gasteiger partial charge in [0.25, 0.3) is 0 Å². The number of benzene rings is 1. The first-order valence-electron chi connectivity index (χ1n) is 8.07. The molecule has 1 saturated carbocycles. The first-order chi connectivity index (χ1) is 10.7. The highest BCUT2D eigenvalue weighted by atomic mass is 16.5. The molecule has 2 aliphatic rings. The van der Waals surface area contributed by atoms with Crippen molar-refractivity contribution in [1.82, 2.24) is 4.90 Å². The number of methoxy groups -OCH3 is 1. The zero-order chi connectivity index (χ0) is 15.6. The van der Waals surface area contributed by atoms with Crippen molar-refractivity contribution >= 4 is 11.8 Å². The Morgan fingerprint density at radius 2 is 1.77 bits per heavy atom. The molecule has 4 nitrogen and oxygen atoms in total. The summed E-state index contributed by atoms with van der Waals surface area (Å²) in [7, 11) is 1.65. The number of imide groups is 1. The fourth-order valence-corrected chi connectivity index (χ4v) is 3.82. The van der Waals surface area contributed by atoms with Crippen molar-refractivity contribution in [2.75, 3.05) is 7.11 Å². The summed E-state index contributed by atoms with van der Waals surface area (Å²) in [6, 6.07) is 7.85. The normalized spacial score (nSPS) is 20.9. The van der Waals surface area contributed by atoms with Gasteiger partial charge in [0.05, 0.1) is 18.6 Å². The quantitative estimate of drug-likeness (QED) is 0.803. The van der Waals surface area contributed by atoms with Crippen LogP contribution in [0.4, 0.5) is 0 Å². The maximum Gasteiger partial charge on any atom is 0.236 e. The van der Waals surface area contributed by atoms with Gasteiger partial charge in [-0.1, -0.05) is 43.5 Å². The van der Waals surface area contributed by atoms with E-state index in [0.717, 1.165) is 36.8 Å². The minimum atomic E-state index is -0.397. The molecule has 1 spiro atoms. The maximum atomic E-state index is 12.8. The average molecular weight is 301 g/mol. The Bertz CT molecular complexity index is 575. The number of carbonyl (C=O) groups excluding carboxylic acids is 2. The van der Waals surface area contributed by atoms with E-state index in [9.17, 15) is 9.59 Å². The highest BCUT2D eigenvalue weighted by Crippen LogP contribution is 2.45. The predicted molar refractivity (Wildman–Crippen MR) is 82.8 cm³/mol. The Morgan fingerprint density at radius 3 is 2.45 bits per heavy atom. The van der Waals surface area contributed by atoms with Crippen molar-refractivity contribution in [2.45, 2.75) is 51.7 Å². The second kappa shape index (κ2) is 6.21. The zero-order valence-corrected chi connectivity index (χ0v) is 13.1. The van der Waals surface area contributed by atoms with E-state index >= 15 is 0 Å². The third kappa shape index (κ3) is 2.68. The molecule has 1 aromatic carbocycles. The number of rotatable bonds is 4. The van der Waals surface area contributed by atoms with Gasteiger partial charge in [-0.15, -0.1) is 0 Å². The summed E-state index contributed by atoms with van der Waals surface area (Å²) in [4.78, 5) is 26.7. The molecule has 0 aromatic heterocycles. The summed E-state index contributed by atoms with van der Waals surface area (Å²) in [6.07, 6.45) is 5.44. The van der Waals surface area contributed by atoms with Crippen molar-refractivity contribution in [3.8, 4) is 0 Å². The summed E-state index contributed by atoms with van der Waals surface area (Å²) in [5.74, 6) is 0.0311. The molecule has 2 amide bonds. The summed E-state index contributed by atoms with van der Waals surface area (Å²) >= 11 is 0. The molecule has 1 aliphatic heterocycles. The lowest BCUT2D eigenvalue weighted by Gasteiger charge is -2.30. The fraction of sp³-hybridized carbons (Fsp3) is 0.556. The molecule has 1 aliphatic carbocycles. The van der Waals surface area contributed by atoms with Gasteiger partial charge >= 0.3 is 0 Å². The lowest BCUT2D eigenvalue weighted by atomic mass is 9.73. The molecule has 2 fully saturated rings. The molecule has 118 valence electrons. The third-order valence-electron chi connectivity index (χ3n) is 5.05. The first kappa shape index (κ1) is 15.2. The van der Waals surface area contributed by atoms with Crippen LogP contribution in [-0.4, -0.2) is 23.8 Å². The monoisotopic (exact) mass is 301 g/mol. The minimum absolute atomic E-state index is 0.0147. The summed E-state index contributed by atoms with van der Waals surface area (Å²) in [5.41, 5.74) is 1.64. The first-order valence-corrected chi connectivity index (χ1v) is 8.07. The largest absolute Gasteiger partial charge is 0.380 e. The average Bonchev–Trinajstić information content (AvgIpc) is 2.74. The van der Waals surface area contributed by atoms with Crippen molar-refractivity contribution in [1.29, 1.82) is 0 Å². The lowest BCUT2D eigenvalue weighted by Crippen LogP contribution is -2.36. The zero-order valence-electron chi connectivity index (χ0n) is 13.1. The van der Waals surface area contributed by atoms with E-state index in [-0.39, 0.29) is 11.8 Å². The van der Waals surface area contributed by atoms with E-state index in [1.165, 1.54) is 11.3 Å². The van der Waals surface area contributed by atoms with Gasteiger partial charge in [-0.3, -0.25) is 14.5 Å². The maximum absolute atomic E-state index is 12.8. The van der Waals surface area contributed by atoms with Crippen molar-refractivity contribution < 1.29 is 14.3 Å². The van der Waals surface area contributed by atoms with Crippen LogP contribution in [0, 0.1) is 5.41 Å². The van der Waals surface area contributed by atoms with Crippen LogP contribution in [0.25, 0.3) is 0 Å². The van der Waals surface area contributed by atoms with Gasteiger partial charge in [0.1, 0.15) is 0 Å². The third-order valence-corrected chi connectivity index (χ3v) is 5.05. The van der Waals surface area contributed by atoms with Crippen LogP contribution >= 0.6 is 0 Å². The number of carbonyl (C=O) groups is 2. The topological polar surface area (TPSA) is 46.6 Å². The van der Waals surface area contributed by atoms with Crippen molar-refractivity contribution in [3.05, 3.63) is 35.4 Å². The Hall–Kier alpha value is -1.68. The Morgan fingerprint density at radius 1 is 1.09 bits per heavy atom. The minimum Gasteiger partial charge on any atom is -0.380 e. The van der Waals surface area contributed by atoms with Gasteiger partial charge in [-0.05, 0) is 24.0 Å². The standard InChI is InChI=1S/C18H23NO3/c1-22-13-15-8-4-3-7-14(15)12-19-16(20)11-18(17(19)21)9-5-2-6-10-18/h3-4,7-8H,2,5-6,9-13H2,1H3. The number of ether oxygens (including phenoxy) is 1. The fourth-order valence-electron chi connectivity index (χ4n) is 3.82. The molecule has 1 aromatic rings. The van der Waals surface area contributed by atoms with E-state index in [4.69, 9.17) is 4.74 Å². The van der Waals surface area contributed by atoms with Gasteiger partial charge in [-0.25, -0.2) is 0 Å². The van der Waals surface area contributed by atoms with Gasteiger partial charge in [-0.2, -0.15) is 0 Å². The molecule has 4 heteroatoms. The molecular weight excluding hydrogens is 278 g/mol. The van der Waals surface area contributed by atoms with E-state index in [1.807, 2.05) is 24.3 Å². The van der Waals surface area contributed by atoms with E-state index in [2.05, 4.69) is 0 Å². The molecule has 0 unspecified atom stereocenters. The number of hydrogen-bond donors (Lipinski definition) is 0. The lowest BCUT2D eigenvalue weighted by molar-refractivity contribution is -0.142. The smallest absolute Gasteiger partial charge is 0.236 e. The van der Waals surface area contributed by atoms with Crippen LogP contribution in [0.3, 0.4) is 0 Å². The van der Waals surface area contributed by atoms with Crippen LogP contribution in [0.1, 0.15) is 49.7 Å². The Balaban J connectivity index is 1.81. The second-order valence-electron chi connectivity index (χ2n) is 6.50. The van der Waals surface area contributed by atoms with E-state index < -0.39 is 5.41 Å². The van der Waals surface area contributed by atoms with Gasteiger partial charge < -0.3 is 4.74 Å². The molecule has 1 saturated heterocycles. The van der Waals surface area contributed by atoms with Gasteiger partial charge in [0, 0.05) is 13.5 Å².